The number of aliphatic hydroxyl groups excluding tert-OH is 1. The number of carbonyl (C=O) groups is 2. The van der Waals surface area contributed by atoms with Gasteiger partial charge in [-0.15, -0.1) is 0 Å². The second kappa shape index (κ2) is 5.75. The Balaban J connectivity index is 2.23. The minimum absolute atomic E-state index is 0.185. The zero-order valence-electron chi connectivity index (χ0n) is 12.2. The largest absolute Gasteiger partial charge is 0.388 e. The molecule has 1 N–H and O–H groups in total. The van der Waals surface area contributed by atoms with Crippen LogP contribution in [0.5, 0.6) is 0 Å². The van der Waals surface area contributed by atoms with Gasteiger partial charge >= 0.3 is 0 Å². The lowest BCUT2D eigenvalue weighted by molar-refractivity contribution is -0.127. The number of likely N-dealkylation sites (N-methyl/N-ethyl adjacent to an activating group) is 1. The molecule has 0 radical (unpaired) electrons. The molecule has 1 aromatic carbocycles. The first-order chi connectivity index (χ1) is 9.40. The molecule has 0 saturated heterocycles. The quantitative estimate of drug-likeness (QED) is 0.858. The molecule has 0 aliphatic carbocycles. The Morgan fingerprint density at radius 1 is 1.25 bits per heavy atom. The summed E-state index contributed by atoms with van der Waals surface area (Å²) in [4.78, 5) is 24.9. The van der Waals surface area contributed by atoms with Crippen LogP contribution in [0.2, 0.25) is 0 Å². The molecule has 2 amide bonds. The van der Waals surface area contributed by atoms with Gasteiger partial charge in [0.1, 0.15) is 0 Å². The van der Waals surface area contributed by atoms with E-state index in [1.165, 1.54) is 7.05 Å². The summed E-state index contributed by atoms with van der Waals surface area (Å²) in [6, 6.07) is 5.33. The van der Waals surface area contributed by atoms with Gasteiger partial charge in [-0.2, -0.15) is 0 Å². The molecule has 4 nitrogen and oxygen atoms in total. The van der Waals surface area contributed by atoms with Crippen molar-refractivity contribution in [3.63, 3.8) is 0 Å². The first-order valence-electron chi connectivity index (χ1n) is 7.02. The molecule has 4 heteroatoms. The SMILES string of the molecule is CC(C)CCC(O)c1ccc2c(c1)C(=O)N(C)C(=O)C2. The summed E-state index contributed by atoms with van der Waals surface area (Å²) in [5.74, 6) is 0.0671. The van der Waals surface area contributed by atoms with E-state index < -0.39 is 6.10 Å². The van der Waals surface area contributed by atoms with E-state index in [-0.39, 0.29) is 18.2 Å². The van der Waals surface area contributed by atoms with Crippen LogP contribution in [0.1, 0.15) is 54.3 Å². The third-order valence-electron chi connectivity index (χ3n) is 3.79. The van der Waals surface area contributed by atoms with Gasteiger partial charge in [-0.3, -0.25) is 14.5 Å². The van der Waals surface area contributed by atoms with Crippen molar-refractivity contribution in [1.29, 1.82) is 0 Å². The molecular weight excluding hydrogens is 254 g/mol. The van der Waals surface area contributed by atoms with E-state index in [1.54, 1.807) is 12.1 Å². The number of benzene rings is 1. The van der Waals surface area contributed by atoms with Crippen molar-refractivity contribution in [1.82, 2.24) is 4.90 Å². The summed E-state index contributed by atoms with van der Waals surface area (Å²) in [5, 5.41) is 10.2. The average Bonchev–Trinajstić information content (AvgIpc) is 2.42. The fourth-order valence-electron chi connectivity index (χ4n) is 2.39. The molecule has 0 spiro atoms. The number of hydrogen-bond donors (Lipinski definition) is 1. The highest BCUT2D eigenvalue weighted by atomic mass is 16.3. The third kappa shape index (κ3) is 2.90. The predicted octanol–water partition coefficient (Wildman–Crippen LogP) is 2.31. The van der Waals surface area contributed by atoms with E-state index in [9.17, 15) is 14.7 Å². The van der Waals surface area contributed by atoms with Crippen LogP contribution in [0.25, 0.3) is 0 Å². The van der Waals surface area contributed by atoms with Crippen molar-refractivity contribution < 1.29 is 14.7 Å². The molecule has 0 fully saturated rings. The minimum atomic E-state index is -0.557. The van der Waals surface area contributed by atoms with Gasteiger partial charge in [-0.1, -0.05) is 26.0 Å². The molecule has 20 heavy (non-hydrogen) atoms. The van der Waals surface area contributed by atoms with Gasteiger partial charge < -0.3 is 5.11 Å². The summed E-state index contributed by atoms with van der Waals surface area (Å²) < 4.78 is 0. The number of nitrogens with zero attached hydrogens (tertiary/aromatic N) is 1. The Morgan fingerprint density at radius 2 is 1.95 bits per heavy atom. The highest BCUT2D eigenvalue weighted by Gasteiger charge is 2.28. The minimum Gasteiger partial charge on any atom is -0.388 e. The third-order valence-corrected chi connectivity index (χ3v) is 3.79. The molecule has 1 unspecified atom stereocenters. The fraction of sp³-hybridized carbons (Fsp3) is 0.500. The Morgan fingerprint density at radius 3 is 2.60 bits per heavy atom. The monoisotopic (exact) mass is 275 g/mol. The zero-order valence-corrected chi connectivity index (χ0v) is 12.2. The summed E-state index contributed by atoms with van der Waals surface area (Å²) >= 11 is 0. The molecule has 1 heterocycles. The maximum absolute atomic E-state index is 12.1. The van der Waals surface area contributed by atoms with Gasteiger partial charge in [-0.05, 0) is 36.0 Å². The molecule has 0 aromatic heterocycles. The topological polar surface area (TPSA) is 57.6 Å². The van der Waals surface area contributed by atoms with Crippen LogP contribution < -0.4 is 0 Å². The Hall–Kier alpha value is -1.68. The number of imide groups is 1. The maximum atomic E-state index is 12.1. The normalized spacial score (nSPS) is 16.6. The Bertz CT molecular complexity index is 537. The van der Waals surface area contributed by atoms with Crippen LogP contribution in [0.15, 0.2) is 18.2 Å². The molecule has 0 bridgehead atoms. The molecule has 0 saturated carbocycles. The summed E-state index contributed by atoms with van der Waals surface area (Å²) in [7, 11) is 1.50. The van der Waals surface area contributed by atoms with Gasteiger partial charge in [0.05, 0.1) is 12.5 Å². The van der Waals surface area contributed by atoms with Gasteiger partial charge in [0.2, 0.25) is 5.91 Å². The molecule has 108 valence electrons. The summed E-state index contributed by atoms with van der Waals surface area (Å²) in [6.07, 6.45) is 1.31. The van der Waals surface area contributed by atoms with Crippen LogP contribution in [0, 0.1) is 5.92 Å². The van der Waals surface area contributed by atoms with E-state index in [4.69, 9.17) is 0 Å². The van der Waals surface area contributed by atoms with Crippen molar-refractivity contribution in [2.75, 3.05) is 7.05 Å². The van der Waals surface area contributed by atoms with Crippen molar-refractivity contribution in [2.45, 2.75) is 39.2 Å². The van der Waals surface area contributed by atoms with Gasteiger partial charge in [-0.25, -0.2) is 0 Å². The highest BCUT2D eigenvalue weighted by Crippen LogP contribution is 2.26. The number of aliphatic hydroxyl groups is 1. The molecule has 1 aliphatic heterocycles. The molecule has 1 aromatic rings. The van der Waals surface area contributed by atoms with E-state index in [2.05, 4.69) is 13.8 Å². The molecular formula is C16H21NO3. The number of hydrogen-bond acceptors (Lipinski definition) is 3. The summed E-state index contributed by atoms with van der Waals surface area (Å²) in [5.41, 5.74) is 2.03. The number of fused-ring (bicyclic) bond motifs is 1. The average molecular weight is 275 g/mol. The standard InChI is InChI=1S/C16H21NO3/c1-10(2)4-7-14(18)12-6-5-11-9-15(19)17(3)16(20)13(11)8-12/h5-6,8,10,14,18H,4,7,9H2,1-3H3. The van der Waals surface area contributed by atoms with Gasteiger partial charge in [0.25, 0.3) is 5.91 Å². The Kier molecular flexibility index (Phi) is 4.23. The smallest absolute Gasteiger partial charge is 0.260 e. The summed E-state index contributed by atoms with van der Waals surface area (Å²) in [6.45, 7) is 4.23. The molecule has 2 rings (SSSR count). The fourth-order valence-corrected chi connectivity index (χ4v) is 2.39. The van der Waals surface area contributed by atoms with Crippen molar-refractivity contribution in [3.05, 3.63) is 34.9 Å². The lowest BCUT2D eigenvalue weighted by Gasteiger charge is -2.24. The van der Waals surface area contributed by atoms with Crippen molar-refractivity contribution in [3.8, 4) is 0 Å². The molecule has 1 aliphatic rings. The molecule has 1 atom stereocenters. The predicted molar refractivity (Wildman–Crippen MR) is 76.3 cm³/mol. The van der Waals surface area contributed by atoms with E-state index in [0.717, 1.165) is 22.4 Å². The van der Waals surface area contributed by atoms with Crippen LogP contribution in [-0.4, -0.2) is 28.9 Å². The van der Waals surface area contributed by atoms with Crippen molar-refractivity contribution in [2.24, 2.45) is 5.92 Å². The van der Waals surface area contributed by atoms with E-state index in [0.29, 0.717) is 17.9 Å². The van der Waals surface area contributed by atoms with Crippen LogP contribution in [0.4, 0.5) is 0 Å². The number of rotatable bonds is 4. The first-order valence-corrected chi connectivity index (χ1v) is 7.02. The second-order valence-electron chi connectivity index (χ2n) is 5.84. The van der Waals surface area contributed by atoms with Crippen LogP contribution in [-0.2, 0) is 11.2 Å². The van der Waals surface area contributed by atoms with E-state index >= 15 is 0 Å². The van der Waals surface area contributed by atoms with Crippen molar-refractivity contribution >= 4 is 11.8 Å². The Labute approximate surface area is 119 Å². The second-order valence-corrected chi connectivity index (χ2v) is 5.84. The van der Waals surface area contributed by atoms with Gasteiger partial charge in [0, 0.05) is 12.6 Å². The lowest BCUT2D eigenvalue weighted by atomic mass is 9.93. The maximum Gasteiger partial charge on any atom is 0.260 e. The zero-order chi connectivity index (χ0) is 14.9. The van der Waals surface area contributed by atoms with Crippen LogP contribution in [0.3, 0.4) is 0 Å². The lowest BCUT2D eigenvalue weighted by Crippen LogP contribution is -2.39. The first kappa shape index (κ1) is 14.7. The van der Waals surface area contributed by atoms with E-state index in [1.807, 2.05) is 6.07 Å². The highest BCUT2D eigenvalue weighted by molar-refractivity contribution is 6.09. The van der Waals surface area contributed by atoms with Crippen LogP contribution >= 0.6 is 0 Å². The number of carbonyl (C=O) groups excluding carboxylic acids is 2. The van der Waals surface area contributed by atoms with Gasteiger partial charge in [0.15, 0.2) is 0 Å². The number of amides is 2.